The molecule has 1 atom stereocenters. The van der Waals surface area contributed by atoms with Crippen molar-refractivity contribution in [1.82, 2.24) is 10.2 Å². The van der Waals surface area contributed by atoms with Crippen LogP contribution in [0.4, 0.5) is 4.39 Å². The van der Waals surface area contributed by atoms with Crippen LogP contribution in [0.2, 0.25) is 0 Å². The maximum absolute atomic E-state index is 13.9. The molecule has 4 heteroatoms. The van der Waals surface area contributed by atoms with Gasteiger partial charge in [0.05, 0.1) is 0 Å². The summed E-state index contributed by atoms with van der Waals surface area (Å²) >= 11 is 1.80. The summed E-state index contributed by atoms with van der Waals surface area (Å²) in [7, 11) is 0. The topological polar surface area (TPSA) is 15.3 Å². The van der Waals surface area contributed by atoms with Crippen molar-refractivity contribution >= 4 is 11.8 Å². The lowest BCUT2D eigenvalue weighted by Crippen LogP contribution is -2.45. The van der Waals surface area contributed by atoms with E-state index < -0.39 is 0 Å². The molecule has 2 heterocycles. The lowest BCUT2D eigenvalue weighted by atomic mass is 10.00. The van der Waals surface area contributed by atoms with Gasteiger partial charge in [0.25, 0.3) is 0 Å². The summed E-state index contributed by atoms with van der Waals surface area (Å²) in [4.78, 5) is 3.59. The van der Waals surface area contributed by atoms with Crippen molar-refractivity contribution in [2.75, 3.05) is 38.5 Å². The second kappa shape index (κ2) is 4.96. The number of piperazine rings is 1. The fourth-order valence-electron chi connectivity index (χ4n) is 2.66. The fraction of sp³-hybridized carbons (Fsp3) is 0.538. The van der Waals surface area contributed by atoms with Gasteiger partial charge in [-0.05, 0) is 12.1 Å². The smallest absolute Gasteiger partial charge is 0.127 e. The Morgan fingerprint density at radius 3 is 3.00 bits per heavy atom. The molecule has 0 aromatic heterocycles. The van der Waals surface area contributed by atoms with Crippen LogP contribution in [0.15, 0.2) is 23.1 Å². The predicted octanol–water partition coefficient (Wildman–Crippen LogP) is 1.92. The van der Waals surface area contributed by atoms with E-state index in [0.29, 0.717) is 5.92 Å². The van der Waals surface area contributed by atoms with E-state index >= 15 is 0 Å². The second-order valence-corrected chi connectivity index (χ2v) is 5.77. The molecule has 2 aliphatic rings. The number of benzene rings is 1. The van der Waals surface area contributed by atoms with Gasteiger partial charge in [0.1, 0.15) is 5.82 Å². The zero-order valence-corrected chi connectivity index (χ0v) is 10.6. The van der Waals surface area contributed by atoms with Gasteiger partial charge in [-0.1, -0.05) is 6.07 Å². The van der Waals surface area contributed by atoms with Gasteiger partial charge in [0.15, 0.2) is 0 Å². The number of nitrogens with one attached hydrogen (secondary N) is 1. The first kappa shape index (κ1) is 11.5. The van der Waals surface area contributed by atoms with E-state index in [1.807, 2.05) is 12.1 Å². The molecule has 1 N–H and O–H groups in total. The summed E-state index contributed by atoms with van der Waals surface area (Å²) < 4.78 is 13.9. The Balaban J connectivity index is 1.74. The van der Waals surface area contributed by atoms with Crippen LogP contribution in [-0.4, -0.2) is 43.4 Å². The highest BCUT2D eigenvalue weighted by atomic mass is 32.2. The molecule has 0 amide bonds. The third kappa shape index (κ3) is 2.34. The van der Waals surface area contributed by atoms with Crippen LogP contribution in [0.25, 0.3) is 0 Å². The molecule has 1 unspecified atom stereocenters. The van der Waals surface area contributed by atoms with Gasteiger partial charge in [0, 0.05) is 54.9 Å². The first-order valence-electron chi connectivity index (χ1n) is 6.19. The molecule has 0 saturated carbocycles. The molecule has 0 bridgehead atoms. The quantitative estimate of drug-likeness (QED) is 0.866. The molecule has 2 aliphatic heterocycles. The first-order chi connectivity index (χ1) is 8.34. The molecule has 1 fully saturated rings. The number of rotatable bonds is 2. The molecule has 0 radical (unpaired) electrons. The van der Waals surface area contributed by atoms with E-state index in [2.05, 4.69) is 10.2 Å². The number of hydrogen-bond donors (Lipinski definition) is 1. The average molecular weight is 252 g/mol. The van der Waals surface area contributed by atoms with Crippen molar-refractivity contribution in [2.24, 2.45) is 0 Å². The van der Waals surface area contributed by atoms with Crippen molar-refractivity contribution in [1.29, 1.82) is 0 Å². The molecular weight excluding hydrogens is 235 g/mol. The van der Waals surface area contributed by atoms with Crippen molar-refractivity contribution < 1.29 is 4.39 Å². The maximum atomic E-state index is 13.9. The van der Waals surface area contributed by atoms with Crippen molar-refractivity contribution in [3.8, 4) is 0 Å². The molecule has 1 aromatic rings. The lowest BCUT2D eigenvalue weighted by Gasteiger charge is -2.29. The van der Waals surface area contributed by atoms with Crippen LogP contribution in [0, 0.1) is 5.82 Å². The highest BCUT2D eigenvalue weighted by molar-refractivity contribution is 7.99. The fourth-order valence-corrected chi connectivity index (χ4v) is 3.91. The van der Waals surface area contributed by atoms with E-state index in [0.717, 1.165) is 48.9 Å². The number of thioether (sulfide) groups is 1. The van der Waals surface area contributed by atoms with Gasteiger partial charge >= 0.3 is 0 Å². The summed E-state index contributed by atoms with van der Waals surface area (Å²) in [5, 5.41) is 3.35. The number of halogens is 1. The Bertz CT molecular complexity index is 404. The number of nitrogens with zero attached hydrogens (tertiary/aromatic N) is 1. The van der Waals surface area contributed by atoms with E-state index in [1.165, 1.54) is 0 Å². The summed E-state index contributed by atoms with van der Waals surface area (Å²) in [5.74, 6) is 1.38. The Hall–Kier alpha value is -0.580. The van der Waals surface area contributed by atoms with Crippen LogP contribution in [0.5, 0.6) is 0 Å². The molecule has 17 heavy (non-hydrogen) atoms. The molecule has 2 nitrogen and oxygen atoms in total. The maximum Gasteiger partial charge on any atom is 0.127 e. The normalized spacial score (nSPS) is 24.9. The van der Waals surface area contributed by atoms with Crippen molar-refractivity contribution in [2.45, 2.75) is 10.8 Å². The van der Waals surface area contributed by atoms with Crippen LogP contribution < -0.4 is 5.32 Å². The SMILES string of the molecule is Fc1cccc2c1C(CN1CCNCC1)CS2. The third-order valence-corrected chi connectivity index (χ3v) is 4.79. The van der Waals surface area contributed by atoms with Crippen LogP contribution in [0.1, 0.15) is 11.5 Å². The molecule has 1 aromatic carbocycles. The van der Waals surface area contributed by atoms with Gasteiger partial charge in [-0.25, -0.2) is 4.39 Å². The van der Waals surface area contributed by atoms with Crippen molar-refractivity contribution in [3.63, 3.8) is 0 Å². The van der Waals surface area contributed by atoms with Gasteiger partial charge in [-0.3, -0.25) is 0 Å². The van der Waals surface area contributed by atoms with Crippen molar-refractivity contribution in [3.05, 3.63) is 29.6 Å². The average Bonchev–Trinajstić information content (AvgIpc) is 2.75. The number of hydrogen-bond acceptors (Lipinski definition) is 3. The predicted molar refractivity (Wildman–Crippen MR) is 69.2 cm³/mol. The molecule has 0 aliphatic carbocycles. The van der Waals surface area contributed by atoms with E-state index in [4.69, 9.17) is 0 Å². The summed E-state index contributed by atoms with van der Waals surface area (Å²) in [6, 6.07) is 5.45. The van der Waals surface area contributed by atoms with Gasteiger partial charge in [-0.15, -0.1) is 11.8 Å². The Kier molecular flexibility index (Phi) is 3.36. The van der Waals surface area contributed by atoms with Crippen LogP contribution in [-0.2, 0) is 0 Å². The molecule has 92 valence electrons. The minimum Gasteiger partial charge on any atom is -0.314 e. The Labute approximate surface area is 106 Å². The van der Waals surface area contributed by atoms with Gasteiger partial charge < -0.3 is 10.2 Å². The standard InChI is InChI=1S/C13H17FN2S/c14-11-2-1-3-12-13(11)10(9-17-12)8-16-6-4-15-5-7-16/h1-3,10,15H,4-9H2. The highest BCUT2D eigenvalue weighted by Gasteiger charge is 2.28. The van der Waals surface area contributed by atoms with E-state index in [-0.39, 0.29) is 5.82 Å². The first-order valence-corrected chi connectivity index (χ1v) is 7.17. The largest absolute Gasteiger partial charge is 0.314 e. The van der Waals surface area contributed by atoms with Gasteiger partial charge in [0.2, 0.25) is 0 Å². The molecular formula is C13H17FN2S. The summed E-state index contributed by atoms with van der Waals surface area (Å²) in [6.07, 6.45) is 0. The molecule has 3 rings (SSSR count). The zero-order chi connectivity index (χ0) is 11.7. The van der Waals surface area contributed by atoms with Crippen LogP contribution in [0.3, 0.4) is 0 Å². The second-order valence-electron chi connectivity index (χ2n) is 4.71. The number of fused-ring (bicyclic) bond motifs is 1. The third-order valence-electron chi connectivity index (χ3n) is 3.55. The minimum atomic E-state index is -0.0207. The summed E-state index contributed by atoms with van der Waals surface area (Å²) in [6.45, 7) is 5.30. The lowest BCUT2D eigenvalue weighted by molar-refractivity contribution is 0.230. The monoisotopic (exact) mass is 252 g/mol. The van der Waals surface area contributed by atoms with E-state index in [1.54, 1.807) is 17.8 Å². The molecule has 1 saturated heterocycles. The highest BCUT2D eigenvalue weighted by Crippen LogP contribution is 2.41. The molecule has 0 spiro atoms. The van der Waals surface area contributed by atoms with Crippen LogP contribution >= 0.6 is 11.8 Å². The van der Waals surface area contributed by atoms with Gasteiger partial charge in [-0.2, -0.15) is 0 Å². The summed E-state index contributed by atoms with van der Waals surface area (Å²) in [5.41, 5.74) is 0.955. The van der Waals surface area contributed by atoms with E-state index in [9.17, 15) is 4.39 Å². The Morgan fingerprint density at radius 2 is 2.18 bits per heavy atom. The zero-order valence-electron chi connectivity index (χ0n) is 9.79. The Morgan fingerprint density at radius 1 is 1.35 bits per heavy atom. The minimum absolute atomic E-state index is 0.0207.